The van der Waals surface area contributed by atoms with E-state index in [4.69, 9.17) is 0 Å². The van der Waals surface area contributed by atoms with Crippen molar-refractivity contribution < 1.29 is 0 Å². The maximum absolute atomic E-state index is 3.61. The maximum Gasteiger partial charge on any atom is 0.0731 e. The van der Waals surface area contributed by atoms with E-state index in [1.54, 1.807) is 0 Å². The normalized spacial score (nSPS) is 12.9. The standard InChI is InChI=1S/C14H18BrNS2/c1-4-10-5-6-11(17-10)8-12(16-3)13-7-9(2)14(15)18-13/h5-7,12,16H,4,8H2,1-3H3. The molecule has 2 aromatic heterocycles. The van der Waals surface area contributed by atoms with Gasteiger partial charge in [0.15, 0.2) is 0 Å². The number of nitrogens with one attached hydrogen (secondary N) is 1. The van der Waals surface area contributed by atoms with Crippen molar-refractivity contribution in [1.82, 2.24) is 5.32 Å². The molecule has 1 atom stereocenters. The highest BCUT2D eigenvalue weighted by atomic mass is 79.9. The van der Waals surface area contributed by atoms with Crippen LogP contribution in [0.2, 0.25) is 0 Å². The van der Waals surface area contributed by atoms with Gasteiger partial charge >= 0.3 is 0 Å². The molecule has 0 aliphatic heterocycles. The molecule has 0 saturated heterocycles. The van der Waals surface area contributed by atoms with Gasteiger partial charge in [0.25, 0.3) is 0 Å². The lowest BCUT2D eigenvalue weighted by Gasteiger charge is -2.13. The van der Waals surface area contributed by atoms with Gasteiger partial charge in [0.05, 0.1) is 3.79 Å². The van der Waals surface area contributed by atoms with Crippen molar-refractivity contribution >= 4 is 38.6 Å². The van der Waals surface area contributed by atoms with Crippen LogP contribution in [0, 0.1) is 6.92 Å². The number of aryl methyl sites for hydroxylation is 2. The molecule has 1 nitrogen and oxygen atoms in total. The van der Waals surface area contributed by atoms with Gasteiger partial charge in [0, 0.05) is 27.1 Å². The highest BCUT2D eigenvalue weighted by Gasteiger charge is 2.15. The Bertz CT molecular complexity index is 496. The quantitative estimate of drug-likeness (QED) is 0.810. The SMILES string of the molecule is CCc1ccc(CC(NC)c2cc(C)c(Br)s2)s1. The minimum atomic E-state index is 0.420. The minimum absolute atomic E-state index is 0.420. The van der Waals surface area contributed by atoms with Crippen molar-refractivity contribution in [3.8, 4) is 0 Å². The number of likely N-dealkylation sites (N-methyl/N-ethyl adjacent to an activating group) is 1. The summed E-state index contributed by atoms with van der Waals surface area (Å²) in [4.78, 5) is 4.35. The number of thiophene rings is 2. The highest BCUT2D eigenvalue weighted by Crippen LogP contribution is 2.33. The molecule has 0 aliphatic rings. The summed E-state index contributed by atoms with van der Waals surface area (Å²) in [6.07, 6.45) is 2.21. The Labute approximate surface area is 125 Å². The number of hydrogen-bond donors (Lipinski definition) is 1. The van der Waals surface area contributed by atoms with E-state index < -0.39 is 0 Å². The third-order valence-electron chi connectivity index (χ3n) is 3.04. The molecule has 2 heterocycles. The van der Waals surface area contributed by atoms with Gasteiger partial charge in [-0.25, -0.2) is 0 Å². The second kappa shape index (κ2) is 6.33. The summed E-state index contributed by atoms with van der Waals surface area (Å²) in [5.74, 6) is 0. The number of rotatable bonds is 5. The fraction of sp³-hybridized carbons (Fsp3) is 0.429. The molecule has 0 aromatic carbocycles. The van der Waals surface area contributed by atoms with Gasteiger partial charge in [-0.3, -0.25) is 0 Å². The third kappa shape index (κ3) is 3.23. The van der Waals surface area contributed by atoms with Gasteiger partial charge in [-0.2, -0.15) is 0 Å². The molecule has 98 valence electrons. The van der Waals surface area contributed by atoms with Crippen molar-refractivity contribution in [3.05, 3.63) is 42.2 Å². The van der Waals surface area contributed by atoms with E-state index in [1.807, 2.05) is 29.7 Å². The summed E-state index contributed by atoms with van der Waals surface area (Å²) < 4.78 is 1.25. The van der Waals surface area contributed by atoms with Crippen LogP contribution in [-0.2, 0) is 12.8 Å². The van der Waals surface area contributed by atoms with E-state index in [0.717, 1.165) is 12.8 Å². The van der Waals surface area contributed by atoms with Crippen LogP contribution >= 0.6 is 38.6 Å². The predicted octanol–water partition coefficient (Wildman–Crippen LogP) is 4.95. The molecule has 4 heteroatoms. The number of hydrogen-bond acceptors (Lipinski definition) is 3. The van der Waals surface area contributed by atoms with Crippen LogP contribution in [0.4, 0.5) is 0 Å². The van der Waals surface area contributed by atoms with Crippen molar-refractivity contribution in [2.24, 2.45) is 0 Å². The van der Waals surface area contributed by atoms with Crippen LogP contribution in [0.5, 0.6) is 0 Å². The summed E-state index contributed by atoms with van der Waals surface area (Å²) in [6.45, 7) is 4.36. The monoisotopic (exact) mass is 343 g/mol. The van der Waals surface area contributed by atoms with Crippen LogP contribution in [0.3, 0.4) is 0 Å². The molecule has 1 unspecified atom stereocenters. The van der Waals surface area contributed by atoms with Crippen molar-refractivity contribution in [2.45, 2.75) is 32.7 Å². The van der Waals surface area contributed by atoms with E-state index in [-0.39, 0.29) is 0 Å². The molecule has 2 rings (SSSR count). The zero-order valence-electron chi connectivity index (χ0n) is 10.9. The van der Waals surface area contributed by atoms with Crippen molar-refractivity contribution in [2.75, 3.05) is 7.05 Å². The molecule has 0 saturated carbocycles. The van der Waals surface area contributed by atoms with Gasteiger partial charge in [-0.15, -0.1) is 22.7 Å². The molecule has 0 amide bonds. The first-order valence-electron chi connectivity index (χ1n) is 6.14. The highest BCUT2D eigenvalue weighted by molar-refractivity contribution is 9.11. The summed E-state index contributed by atoms with van der Waals surface area (Å²) in [5, 5.41) is 3.43. The third-order valence-corrected chi connectivity index (χ3v) is 6.54. The van der Waals surface area contributed by atoms with Crippen molar-refractivity contribution in [1.29, 1.82) is 0 Å². The predicted molar refractivity (Wildman–Crippen MR) is 86.0 cm³/mol. The summed E-state index contributed by atoms with van der Waals surface area (Å²) in [6, 6.07) is 7.22. The molecular formula is C14H18BrNS2. The molecule has 1 N–H and O–H groups in total. The van der Waals surface area contributed by atoms with E-state index in [0.29, 0.717) is 6.04 Å². The smallest absolute Gasteiger partial charge is 0.0731 e. The van der Waals surface area contributed by atoms with Crippen LogP contribution in [0.15, 0.2) is 22.0 Å². The largest absolute Gasteiger partial charge is 0.312 e. The zero-order valence-corrected chi connectivity index (χ0v) is 14.1. The lowest BCUT2D eigenvalue weighted by Crippen LogP contribution is -2.17. The van der Waals surface area contributed by atoms with Crippen LogP contribution in [-0.4, -0.2) is 7.05 Å². The Morgan fingerprint density at radius 2 is 2.00 bits per heavy atom. The van der Waals surface area contributed by atoms with E-state index in [2.05, 4.69) is 53.3 Å². The van der Waals surface area contributed by atoms with Gasteiger partial charge < -0.3 is 5.32 Å². The Hall–Kier alpha value is -0.160. The summed E-state index contributed by atoms with van der Waals surface area (Å²) >= 11 is 7.38. The van der Waals surface area contributed by atoms with E-state index >= 15 is 0 Å². The second-order valence-electron chi connectivity index (χ2n) is 4.37. The first-order chi connectivity index (χ1) is 8.63. The Morgan fingerprint density at radius 1 is 1.28 bits per heavy atom. The maximum atomic E-state index is 3.61. The van der Waals surface area contributed by atoms with Crippen LogP contribution in [0.25, 0.3) is 0 Å². The molecular weight excluding hydrogens is 326 g/mol. The molecule has 2 aromatic rings. The van der Waals surface area contributed by atoms with Crippen molar-refractivity contribution in [3.63, 3.8) is 0 Å². The topological polar surface area (TPSA) is 12.0 Å². The Balaban J connectivity index is 2.14. The average molecular weight is 344 g/mol. The summed E-state index contributed by atoms with van der Waals surface area (Å²) in [5.41, 5.74) is 1.33. The van der Waals surface area contributed by atoms with Gasteiger partial charge in [-0.05, 0) is 60.1 Å². The van der Waals surface area contributed by atoms with E-state index in [1.165, 1.54) is 24.0 Å². The first kappa shape index (κ1) is 14.3. The minimum Gasteiger partial charge on any atom is -0.312 e. The molecule has 0 fully saturated rings. The molecule has 0 aliphatic carbocycles. The fourth-order valence-corrected chi connectivity index (χ4v) is 4.61. The number of halogens is 1. The zero-order chi connectivity index (χ0) is 13.1. The van der Waals surface area contributed by atoms with Gasteiger partial charge in [0.2, 0.25) is 0 Å². The van der Waals surface area contributed by atoms with Gasteiger partial charge in [-0.1, -0.05) is 6.92 Å². The van der Waals surface area contributed by atoms with Gasteiger partial charge in [0.1, 0.15) is 0 Å². The lowest BCUT2D eigenvalue weighted by molar-refractivity contribution is 0.606. The average Bonchev–Trinajstić information content (AvgIpc) is 2.94. The van der Waals surface area contributed by atoms with Crippen LogP contribution in [0.1, 0.15) is 33.2 Å². The second-order valence-corrected chi connectivity index (χ2v) is 8.03. The molecule has 0 spiro atoms. The molecule has 0 radical (unpaired) electrons. The van der Waals surface area contributed by atoms with E-state index in [9.17, 15) is 0 Å². The fourth-order valence-electron chi connectivity index (χ4n) is 1.92. The molecule has 0 bridgehead atoms. The Kier molecular flexibility index (Phi) is 5.01. The van der Waals surface area contributed by atoms with Crippen LogP contribution < -0.4 is 5.32 Å². The summed E-state index contributed by atoms with van der Waals surface area (Å²) in [7, 11) is 2.04. The Morgan fingerprint density at radius 3 is 2.50 bits per heavy atom. The lowest BCUT2D eigenvalue weighted by atomic mass is 10.1. The molecule has 18 heavy (non-hydrogen) atoms. The first-order valence-corrected chi connectivity index (χ1v) is 8.57.